The molecule has 4 rings (SSSR count). The second-order valence-corrected chi connectivity index (χ2v) is 6.23. The standard InChI is InChI=1S/C14H15N7S/c1-20-13(10-5-3-2-4-6-10)16-17-14(20)22-9-12-15-18-19-21(12)11-7-8-11/h2-6,11H,7-9H2,1H3. The van der Waals surface area contributed by atoms with E-state index in [-0.39, 0.29) is 0 Å². The molecule has 0 radical (unpaired) electrons. The Bertz CT molecular complexity index is 776. The Balaban J connectivity index is 1.52. The molecule has 7 nitrogen and oxygen atoms in total. The van der Waals surface area contributed by atoms with Crippen LogP contribution in [0.1, 0.15) is 24.7 Å². The molecule has 0 atom stereocenters. The van der Waals surface area contributed by atoms with E-state index in [2.05, 4.69) is 25.7 Å². The van der Waals surface area contributed by atoms with Crippen molar-refractivity contribution in [3.8, 4) is 11.4 Å². The maximum atomic E-state index is 4.29. The zero-order valence-corrected chi connectivity index (χ0v) is 12.9. The summed E-state index contributed by atoms with van der Waals surface area (Å²) in [5, 5.41) is 21.4. The van der Waals surface area contributed by atoms with Gasteiger partial charge in [-0.05, 0) is 23.3 Å². The van der Waals surface area contributed by atoms with Crippen LogP contribution in [0.15, 0.2) is 35.5 Å². The van der Waals surface area contributed by atoms with E-state index in [0.717, 1.165) is 22.4 Å². The minimum atomic E-state index is 0.491. The van der Waals surface area contributed by atoms with Gasteiger partial charge in [-0.15, -0.1) is 15.3 Å². The second kappa shape index (κ2) is 5.53. The molecule has 1 aliphatic rings. The minimum Gasteiger partial charge on any atom is -0.305 e. The normalized spacial score (nSPS) is 14.4. The topological polar surface area (TPSA) is 74.3 Å². The molecule has 1 fully saturated rings. The van der Waals surface area contributed by atoms with Crippen molar-refractivity contribution in [2.45, 2.75) is 29.8 Å². The van der Waals surface area contributed by atoms with Gasteiger partial charge >= 0.3 is 0 Å². The van der Waals surface area contributed by atoms with Gasteiger partial charge in [0.15, 0.2) is 16.8 Å². The fourth-order valence-corrected chi connectivity index (χ4v) is 3.15. The van der Waals surface area contributed by atoms with Crippen LogP contribution in [0.3, 0.4) is 0 Å². The number of tetrazole rings is 1. The van der Waals surface area contributed by atoms with Crippen LogP contribution in [-0.2, 0) is 12.8 Å². The van der Waals surface area contributed by atoms with Gasteiger partial charge in [0, 0.05) is 12.6 Å². The summed E-state index contributed by atoms with van der Waals surface area (Å²) in [6, 6.07) is 10.6. The molecule has 1 saturated carbocycles. The van der Waals surface area contributed by atoms with Crippen molar-refractivity contribution >= 4 is 11.8 Å². The summed E-state index contributed by atoms with van der Waals surface area (Å²) in [4.78, 5) is 0. The van der Waals surface area contributed by atoms with Crippen molar-refractivity contribution in [2.24, 2.45) is 7.05 Å². The Hall–Kier alpha value is -2.22. The molecule has 0 unspecified atom stereocenters. The van der Waals surface area contributed by atoms with Gasteiger partial charge in [0.1, 0.15) is 0 Å². The van der Waals surface area contributed by atoms with E-state index < -0.39 is 0 Å². The van der Waals surface area contributed by atoms with Gasteiger partial charge < -0.3 is 4.57 Å². The molecule has 0 saturated heterocycles. The lowest BCUT2D eigenvalue weighted by Crippen LogP contribution is -2.03. The van der Waals surface area contributed by atoms with E-state index in [0.29, 0.717) is 11.8 Å². The quantitative estimate of drug-likeness (QED) is 0.672. The van der Waals surface area contributed by atoms with E-state index in [1.807, 2.05) is 46.6 Å². The zero-order valence-electron chi connectivity index (χ0n) is 12.1. The maximum absolute atomic E-state index is 4.29. The Kier molecular flexibility index (Phi) is 3.38. The molecule has 0 aliphatic heterocycles. The molecular weight excluding hydrogens is 298 g/mol. The zero-order chi connectivity index (χ0) is 14.9. The van der Waals surface area contributed by atoms with Crippen LogP contribution >= 0.6 is 11.8 Å². The molecule has 0 amide bonds. The lowest BCUT2D eigenvalue weighted by atomic mass is 10.2. The van der Waals surface area contributed by atoms with E-state index >= 15 is 0 Å². The van der Waals surface area contributed by atoms with Crippen LogP contribution in [-0.4, -0.2) is 35.0 Å². The van der Waals surface area contributed by atoms with Crippen molar-refractivity contribution in [1.82, 2.24) is 35.0 Å². The van der Waals surface area contributed by atoms with Crippen LogP contribution in [0.5, 0.6) is 0 Å². The smallest absolute Gasteiger partial charge is 0.191 e. The van der Waals surface area contributed by atoms with Crippen LogP contribution in [0.4, 0.5) is 0 Å². The Morgan fingerprint density at radius 1 is 1.14 bits per heavy atom. The SMILES string of the molecule is Cn1c(SCc2nnnn2C2CC2)nnc1-c1ccccc1. The number of benzene rings is 1. The Morgan fingerprint density at radius 3 is 2.73 bits per heavy atom. The van der Waals surface area contributed by atoms with E-state index in [9.17, 15) is 0 Å². The number of nitrogens with zero attached hydrogens (tertiary/aromatic N) is 7. The molecule has 3 aromatic rings. The summed E-state index contributed by atoms with van der Waals surface area (Å²) in [6.45, 7) is 0. The summed E-state index contributed by atoms with van der Waals surface area (Å²) < 4.78 is 3.94. The molecule has 1 aliphatic carbocycles. The molecule has 2 aromatic heterocycles. The molecule has 0 N–H and O–H groups in total. The third-order valence-electron chi connectivity index (χ3n) is 3.65. The summed E-state index contributed by atoms with van der Waals surface area (Å²) in [7, 11) is 1.98. The van der Waals surface area contributed by atoms with E-state index in [1.165, 1.54) is 12.8 Å². The lowest BCUT2D eigenvalue weighted by molar-refractivity contribution is 0.593. The average Bonchev–Trinajstić information content (AvgIpc) is 3.18. The van der Waals surface area contributed by atoms with Gasteiger partial charge in [-0.2, -0.15) is 0 Å². The fraction of sp³-hybridized carbons (Fsp3) is 0.357. The molecule has 8 heteroatoms. The Labute approximate surface area is 131 Å². The predicted molar refractivity (Wildman–Crippen MR) is 82.1 cm³/mol. The van der Waals surface area contributed by atoms with Crippen LogP contribution in [0, 0.1) is 0 Å². The van der Waals surface area contributed by atoms with Crippen LogP contribution in [0.2, 0.25) is 0 Å². The molecule has 2 heterocycles. The van der Waals surface area contributed by atoms with Gasteiger partial charge in [0.05, 0.1) is 11.8 Å². The monoisotopic (exact) mass is 313 g/mol. The van der Waals surface area contributed by atoms with Crippen LogP contribution < -0.4 is 0 Å². The molecule has 112 valence electrons. The fourth-order valence-electron chi connectivity index (χ4n) is 2.32. The number of rotatable bonds is 5. The van der Waals surface area contributed by atoms with E-state index in [4.69, 9.17) is 0 Å². The van der Waals surface area contributed by atoms with Gasteiger partial charge in [0.25, 0.3) is 0 Å². The van der Waals surface area contributed by atoms with Crippen LogP contribution in [0.25, 0.3) is 11.4 Å². The van der Waals surface area contributed by atoms with Crippen molar-refractivity contribution in [1.29, 1.82) is 0 Å². The van der Waals surface area contributed by atoms with Gasteiger partial charge in [-0.1, -0.05) is 42.1 Å². The number of hydrogen-bond acceptors (Lipinski definition) is 6. The van der Waals surface area contributed by atoms with E-state index in [1.54, 1.807) is 11.8 Å². The van der Waals surface area contributed by atoms with Gasteiger partial charge in [-0.25, -0.2) is 4.68 Å². The molecule has 22 heavy (non-hydrogen) atoms. The lowest BCUT2D eigenvalue weighted by Gasteiger charge is -2.04. The first-order chi connectivity index (χ1) is 10.8. The van der Waals surface area contributed by atoms with Crippen molar-refractivity contribution in [2.75, 3.05) is 0 Å². The highest BCUT2D eigenvalue weighted by molar-refractivity contribution is 7.98. The summed E-state index contributed by atoms with van der Waals surface area (Å²) in [6.07, 6.45) is 2.34. The molecule has 0 bridgehead atoms. The van der Waals surface area contributed by atoms with Crippen molar-refractivity contribution in [3.05, 3.63) is 36.2 Å². The summed E-state index contributed by atoms with van der Waals surface area (Å²) >= 11 is 1.61. The maximum Gasteiger partial charge on any atom is 0.191 e. The van der Waals surface area contributed by atoms with Gasteiger partial charge in [-0.3, -0.25) is 0 Å². The number of aromatic nitrogens is 7. The minimum absolute atomic E-state index is 0.491. The molecule has 1 aromatic carbocycles. The number of hydrogen-bond donors (Lipinski definition) is 0. The summed E-state index contributed by atoms with van der Waals surface area (Å²) in [5.41, 5.74) is 1.06. The van der Waals surface area contributed by atoms with Crippen molar-refractivity contribution in [3.63, 3.8) is 0 Å². The Morgan fingerprint density at radius 2 is 1.95 bits per heavy atom. The second-order valence-electron chi connectivity index (χ2n) is 5.29. The first-order valence-electron chi connectivity index (χ1n) is 7.17. The summed E-state index contributed by atoms with van der Waals surface area (Å²) in [5.74, 6) is 2.46. The largest absolute Gasteiger partial charge is 0.305 e. The third kappa shape index (κ3) is 2.50. The average molecular weight is 313 g/mol. The predicted octanol–water partition coefficient (Wildman–Crippen LogP) is 2.10. The highest BCUT2D eigenvalue weighted by Gasteiger charge is 2.27. The highest BCUT2D eigenvalue weighted by atomic mass is 32.2. The van der Waals surface area contributed by atoms with Crippen molar-refractivity contribution < 1.29 is 0 Å². The first kappa shape index (κ1) is 13.4. The molecular formula is C14H15N7S. The van der Waals surface area contributed by atoms with Gasteiger partial charge in [0.2, 0.25) is 0 Å². The number of thioether (sulfide) groups is 1. The highest BCUT2D eigenvalue weighted by Crippen LogP contribution is 2.35. The molecule has 0 spiro atoms. The third-order valence-corrected chi connectivity index (χ3v) is 4.67. The first-order valence-corrected chi connectivity index (χ1v) is 8.16.